The first-order valence-electron chi connectivity index (χ1n) is 0. The van der Waals surface area contributed by atoms with E-state index in [4.69, 9.17) is 0 Å². The molecule has 0 aliphatic heterocycles. The maximum atomic E-state index is 0. The molecule has 0 N–H and O–H groups in total. The monoisotopic (exact) mass is 304 g/mol. The van der Waals surface area contributed by atoms with Gasteiger partial charge in [0, 0.05) is 0 Å². The van der Waals surface area contributed by atoms with E-state index in [2.05, 4.69) is 0 Å². The molecule has 0 unspecified atom stereocenters. The van der Waals surface area contributed by atoms with Crippen molar-refractivity contribution in [3.63, 3.8) is 0 Å². The van der Waals surface area contributed by atoms with E-state index >= 15 is 0 Å². The van der Waals surface area contributed by atoms with Crippen LogP contribution in [0.2, 0.25) is 0 Å². The van der Waals surface area contributed by atoms with E-state index in [9.17, 15) is 0 Å². The van der Waals surface area contributed by atoms with Crippen LogP contribution in [0.15, 0.2) is 0 Å². The van der Waals surface area contributed by atoms with Crippen molar-refractivity contribution in [2.45, 2.75) is 0 Å². The van der Waals surface area contributed by atoms with Gasteiger partial charge in [-0.15, -0.1) is 0 Å². The van der Waals surface area contributed by atoms with Gasteiger partial charge >= 0.3 is 73.8 Å². The zero-order valence-corrected chi connectivity index (χ0v) is 9.83. The molecule has 0 fully saturated rings. The van der Waals surface area contributed by atoms with Crippen molar-refractivity contribution in [1.29, 1.82) is 0 Å². The number of rotatable bonds is 0. The van der Waals surface area contributed by atoms with E-state index in [1.54, 1.807) is 0 Å². The van der Waals surface area contributed by atoms with Crippen LogP contribution >= 0.6 is 0 Å². The van der Waals surface area contributed by atoms with Gasteiger partial charge in [0.15, 0.2) is 0 Å². The second kappa shape index (κ2) is 16.2. The molecule has 0 rings (SSSR count). The zero-order chi connectivity index (χ0) is 0. The molecule has 0 radical (unpaired) electrons. The van der Waals surface area contributed by atoms with E-state index in [1.807, 2.05) is 0 Å². The number of halogens is 2. The normalized spacial score (nSPS) is 0. The van der Waals surface area contributed by atoms with Crippen molar-refractivity contribution >= 4 is 0 Å². The first-order valence-corrected chi connectivity index (χ1v) is 0. The SMILES string of the molecule is [Ag+].[Br-].[Br-].[K+]. The Labute approximate surface area is 105 Å². The van der Waals surface area contributed by atoms with Crippen LogP contribution in [0.1, 0.15) is 0 Å². The fraction of sp³-hybridized carbons (Fsp3) is 0. The van der Waals surface area contributed by atoms with Crippen LogP contribution < -0.4 is 85.3 Å². The topological polar surface area (TPSA) is 0 Å². The van der Waals surface area contributed by atoms with E-state index in [0.717, 1.165) is 0 Å². The maximum absolute atomic E-state index is 0. The van der Waals surface area contributed by atoms with E-state index in [-0.39, 0.29) is 108 Å². The molecule has 4 heteroatoms. The van der Waals surface area contributed by atoms with Crippen LogP contribution in [0.4, 0.5) is 0 Å². The minimum atomic E-state index is 0. The van der Waals surface area contributed by atoms with Gasteiger partial charge < -0.3 is 34.0 Å². The first kappa shape index (κ1) is 26.5. The van der Waals surface area contributed by atoms with Gasteiger partial charge in [-0.1, -0.05) is 0 Å². The number of hydrogen-bond acceptors (Lipinski definition) is 0. The molecule has 0 saturated heterocycles. The van der Waals surface area contributed by atoms with Crippen molar-refractivity contribution in [1.82, 2.24) is 0 Å². The smallest absolute Gasteiger partial charge is 1.00 e. The van der Waals surface area contributed by atoms with Crippen LogP contribution in [-0.2, 0) is 22.4 Å². The Morgan fingerprint density at radius 1 is 0.750 bits per heavy atom. The summed E-state index contributed by atoms with van der Waals surface area (Å²) in [5.41, 5.74) is 0. The van der Waals surface area contributed by atoms with Crippen LogP contribution in [-0.4, -0.2) is 0 Å². The van der Waals surface area contributed by atoms with Gasteiger partial charge in [0.1, 0.15) is 0 Å². The Morgan fingerprint density at radius 3 is 0.750 bits per heavy atom. The van der Waals surface area contributed by atoms with Gasteiger partial charge in [0.05, 0.1) is 0 Å². The van der Waals surface area contributed by atoms with Crippen molar-refractivity contribution in [2.75, 3.05) is 0 Å². The number of hydrogen-bond donors (Lipinski definition) is 0. The Morgan fingerprint density at radius 2 is 0.750 bits per heavy atom. The van der Waals surface area contributed by atoms with Gasteiger partial charge in [-0.3, -0.25) is 0 Å². The molecular weight excluding hydrogens is 307 g/mol. The molecule has 26 valence electrons. The van der Waals surface area contributed by atoms with Gasteiger partial charge in [0.25, 0.3) is 0 Å². The Kier molecular flexibility index (Phi) is 107. The average Bonchev–Trinajstić information content (AvgIpc) is 0. The molecule has 0 heterocycles. The van der Waals surface area contributed by atoms with Crippen LogP contribution in [0.5, 0.6) is 0 Å². The minimum absolute atomic E-state index is 0. The molecule has 0 bridgehead atoms. The van der Waals surface area contributed by atoms with E-state index < -0.39 is 0 Å². The van der Waals surface area contributed by atoms with Crippen LogP contribution in [0.25, 0.3) is 0 Å². The minimum Gasteiger partial charge on any atom is -1.00 e. The van der Waals surface area contributed by atoms with Crippen molar-refractivity contribution in [3.8, 4) is 0 Å². The average molecular weight is 307 g/mol. The zero-order valence-electron chi connectivity index (χ0n) is 2.06. The third kappa shape index (κ3) is 9.01. The molecule has 4 heavy (non-hydrogen) atoms. The Balaban J connectivity index is 0. The van der Waals surface area contributed by atoms with E-state index in [1.165, 1.54) is 0 Å². The summed E-state index contributed by atoms with van der Waals surface area (Å²) in [5.74, 6) is 0. The molecule has 0 atom stereocenters. The molecule has 0 aromatic heterocycles. The third-order valence-electron chi connectivity index (χ3n) is 0. The summed E-state index contributed by atoms with van der Waals surface area (Å²) in [6.45, 7) is 0. The van der Waals surface area contributed by atoms with Gasteiger partial charge in [-0.05, 0) is 0 Å². The fourth-order valence-electron chi connectivity index (χ4n) is 0. The summed E-state index contributed by atoms with van der Waals surface area (Å²) >= 11 is 0. The molecule has 0 spiro atoms. The van der Waals surface area contributed by atoms with Gasteiger partial charge in [-0.25, -0.2) is 0 Å². The summed E-state index contributed by atoms with van der Waals surface area (Å²) in [6, 6.07) is 0. The Hall–Kier alpha value is 3.34. The van der Waals surface area contributed by atoms with E-state index in [0.29, 0.717) is 0 Å². The summed E-state index contributed by atoms with van der Waals surface area (Å²) in [7, 11) is 0. The second-order valence-electron chi connectivity index (χ2n) is 0. The molecule has 0 saturated carbocycles. The molecule has 0 aromatic rings. The second-order valence-corrected chi connectivity index (χ2v) is 0. The molecule has 0 aromatic carbocycles. The summed E-state index contributed by atoms with van der Waals surface area (Å²) in [6.07, 6.45) is 0. The first-order chi connectivity index (χ1) is 0. The predicted molar refractivity (Wildman–Crippen MR) is 0 cm³/mol. The Bertz CT molecular complexity index is 6.00. The molecule has 0 aliphatic rings. The summed E-state index contributed by atoms with van der Waals surface area (Å²) < 4.78 is 0. The summed E-state index contributed by atoms with van der Waals surface area (Å²) in [4.78, 5) is 0. The molecular formula is AgBr2K. The maximum Gasteiger partial charge on any atom is 1.00 e. The van der Waals surface area contributed by atoms with Gasteiger partial charge in [0.2, 0.25) is 0 Å². The third-order valence-corrected chi connectivity index (χ3v) is 0. The predicted octanol–water partition coefficient (Wildman–Crippen LogP) is -8.99. The van der Waals surface area contributed by atoms with Gasteiger partial charge in [-0.2, -0.15) is 0 Å². The largest absolute Gasteiger partial charge is 1.00 e. The van der Waals surface area contributed by atoms with Crippen LogP contribution in [0.3, 0.4) is 0 Å². The van der Waals surface area contributed by atoms with Crippen molar-refractivity contribution in [3.05, 3.63) is 0 Å². The molecule has 0 amide bonds. The standard InChI is InChI=1S/Ag.2BrH.K/h;2*1H;/q+1;;;+1/p-2. The van der Waals surface area contributed by atoms with Crippen LogP contribution in [0, 0.1) is 0 Å². The summed E-state index contributed by atoms with van der Waals surface area (Å²) in [5, 5.41) is 0. The quantitative estimate of drug-likeness (QED) is 0.390. The fourth-order valence-corrected chi connectivity index (χ4v) is 0. The molecule has 0 aliphatic carbocycles. The molecule has 0 nitrogen and oxygen atoms in total. The van der Waals surface area contributed by atoms with Crippen molar-refractivity contribution in [2.24, 2.45) is 0 Å². The van der Waals surface area contributed by atoms with Crippen molar-refractivity contribution < 1.29 is 108 Å².